The average molecular weight is 304 g/mol. The van der Waals surface area contributed by atoms with Gasteiger partial charge in [-0.25, -0.2) is 9.59 Å². The molecule has 0 spiro atoms. The van der Waals surface area contributed by atoms with Crippen molar-refractivity contribution in [2.75, 3.05) is 13.6 Å². The van der Waals surface area contributed by atoms with E-state index < -0.39 is 0 Å². The van der Waals surface area contributed by atoms with Crippen LogP contribution >= 0.6 is 0 Å². The van der Waals surface area contributed by atoms with Crippen LogP contribution in [-0.4, -0.2) is 34.1 Å². The van der Waals surface area contributed by atoms with Crippen LogP contribution < -0.4 is 11.0 Å². The number of hydrogen-bond acceptors (Lipinski definition) is 4. The molecule has 0 atom stereocenters. The second-order valence-corrected chi connectivity index (χ2v) is 5.19. The minimum absolute atomic E-state index is 0.202. The third kappa shape index (κ3) is 3.97. The first kappa shape index (κ1) is 15.8. The van der Waals surface area contributed by atoms with Crippen molar-refractivity contribution in [3.05, 3.63) is 52.1 Å². The van der Waals surface area contributed by atoms with E-state index in [-0.39, 0.29) is 11.7 Å². The molecule has 2 amide bonds. The molecular weight excluding hydrogens is 284 g/mol. The molecule has 22 heavy (non-hydrogen) atoms. The van der Waals surface area contributed by atoms with Crippen molar-refractivity contribution in [3.8, 4) is 0 Å². The van der Waals surface area contributed by atoms with E-state index in [1.165, 1.54) is 0 Å². The van der Waals surface area contributed by atoms with Crippen LogP contribution in [0.15, 0.2) is 33.9 Å². The number of furan rings is 1. The molecule has 0 aliphatic carbocycles. The monoisotopic (exact) mass is 304 g/mol. The fourth-order valence-corrected chi connectivity index (χ4v) is 2.18. The molecule has 118 valence electrons. The predicted octanol–water partition coefficient (Wildman–Crippen LogP) is 1.29. The van der Waals surface area contributed by atoms with Crippen LogP contribution in [-0.2, 0) is 13.1 Å². The fourth-order valence-electron chi connectivity index (χ4n) is 2.18. The SMILES string of the molecule is Cc1cc(C)n(CCNC(=O)N(C)Cc2ccoc2)c(=O)n1. The van der Waals surface area contributed by atoms with E-state index in [1.807, 2.05) is 19.1 Å². The molecule has 1 N–H and O–H groups in total. The molecule has 0 radical (unpaired) electrons. The van der Waals surface area contributed by atoms with Crippen LogP contribution in [0, 0.1) is 13.8 Å². The van der Waals surface area contributed by atoms with Crippen molar-refractivity contribution in [2.45, 2.75) is 26.9 Å². The van der Waals surface area contributed by atoms with E-state index in [0.29, 0.717) is 25.3 Å². The van der Waals surface area contributed by atoms with E-state index >= 15 is 0 Å². The number of urea groups is 1. The molecule has 2 aromatic rings. The zero-order chi connectivity index (χ0) is 16.1. The molecule has 7 nitrogen and oxygen atoms in total. The van der Waals surface area contributed by atoms with E-state index in [1.54, 1.807) is 36.0 Å². The summed E-state index contributed by atoms with van der Waals surface area (Å²) in [5.74, 6) is 0. The number of hydrogen-bond donors (Lipinski definition) is 1. The maximum Gasteiger partial charge on any atom is 0.348 e. The van der Waals surface area contributed by atoms with Crippen LogP contribution in [0.3, 0.4) is 0 Å². The van der Waals surface area contributed by atoms with Crippen LogP contribution in [0.4, 0.5) is 4.79 Å². The molecule has 7 heteroatoms. The van der Waals surface area contributed by atoms with Gasteiger partial charge in [-0.3, -0.25) is 4.57 Å². The van der Waals surface area contributed by atoms with E-state index in [4.69, 9.17) is 4.42 Å². The van der Waals surface area contributed by atoms with E-state index in [9.17, 15) is 9.59 Å². The molecule has 0 unspecified atom stereocenters. The van der Waals surface area contributed by atoms with Crippen molar-refractivity contribution in [2.24, 2.45) is 0 Å². The topological polar surface area (TPSA) is 80.4 Å². The summed E-state index contributed by atoms with van der Waals surface area (Å²) in [6.07, 6.45) is 3.17. The highest BCUT2D eigenvalue weighted by Gasteiger charge is 2.09. The molecule has 0 saturated heterocycles. The second-order valence-electron chi connectivity index (χ2n) is 5.19. The highest BCUT2D eigenvalue weighted by Crippen LogP contribution is 2.03. The van der Waals surface area contributed by atoms with Crippen molar-refractivity contribution in [1.29, 1.82) is 0 Å². The first-order valence-electron chi connectivity index (χ1n) is 7.02. The summed E-state index contributed by atoms with van der Waals surface area (Å²) >= 11 is 0. The largest absolute Gasteiger partial charge is 0.472 e. The lowest BCUT2D eigenvalue weighted by Crippen LogP contribution is -2.39. The summed E-state index contributed by atoms with van der Waals surface area (Å²) in [5.41, 5.74) is 2.16. The number of carbonyl (C=O) groups excluding carboxylic acids is 1. The number of nitrogens with one attached hydrogen (secondary N) is 1. The average Bonchev–Trinajstić information content (AvgIpc) is 2.94. The smallest absolute Gasteiger partial charge is 0.348 e. The van der Waals surface area contributed by atoms with Gasteiger partial charge in [-0.05, 0) is 26.0 Å². The zero-order valence-electron chi connectivity index (χ0n) is 13.0. The molecule has 0 bridgehead atoms. The number of amides is 2. The van der Waals surface area contributed by atoms with E-state index in [0.717, 1.165) is 11.3 Å². The number of aromatic nitrogens is 2. The van der Waals surface area contributed by atoms with Gasteiger partial charge in [0.2, 0.25) is 0 Å². The molecule has 0 aromatic carbocycles. The highest BCUT2D eigenvalue weighted by atomic mass is 16.3. The molecular formula is C15H20N4O3. The Morgan fingerprint density at radius 1 is 1.45 bits per heavy atom. The lowest BCUT2D eigenvalue weighted by molar-refractivity contribution is 0.206. The van der Waals surface area contributed by atoms with E-state index in [2.05, 4.69) is 10.3 Å². The van der Waals surface area contributed by atoms with Gasteiger partial charge in [-0.2, -0.15) is 4.98 Å². The Labute approximate surface area is 128 Å². The normalized spacial score (nSPS) is 10.5. The molecule has 0 fully saturated rings. The predicted molar refractivity (Wildman–Crippen MR) is 81.5 cm³/mol. The van der Waals surface area contributed by atoms with Crippen molar-refractivity contribution in [3.63, 3.8) is 0 Å². The summed E-state index contributed by atoms with van der Waals surface area (Å²) in [4.78, 5) is 29.2. The molecule has 2 aromatic heterocycles. The molecule has 2 rings (SSSR count). The lowest BCUT2D eigenvalue weighted by atomic mass is 10.3. The fraction of sp³-hybridized carbons (Fsp3) is 0.400. The summed E-state index contributed by atoms with van der Waals surface area (Å²) in [5, 5.41) is 2.78. The van der Waals surface area contributed by atoms with Gasteiger partial charge in [0, 0.05) is 37.1 Å². The standard InChI is InChI=1S/C15H20N4O3/c1-11-8-12(2)19(15(21)17-11)6-5-16-14(20)18(3)9-13-4-7-22-10-13/h4,7-8,10H,5-6,9H2,1-3H3,(H,16,20). The van der Waals surface area contributed by atoms with Gasteiger partial charge in [0.1, 0.15) is 0 Å². The van der Waals surface area contributed by atoms with Crippen LogP contribution in [0.5, 0.6) is 0 Å². The summed E-state index contributed by atoms with van der Waals surface area (Å²) in [7, 11) is 1.70. The number of rotatable bonds is 5. The van der Waals surface area contributed by atoms with Crippen molar-refractivity contribution < 1.29 is 9.21 Å². The maximum absolute atomic E-state index is 12.0. The Hall–Kier alpha value is -2.57. The van der Waals surface area contributed by atoms with Crippen molar-refractivity contribution in [1.82, 2.24) is 19.8 Å². The molecule has 0 aliphatic heterocycles. The molecule has 0 saturated carbocycles. The quantitative estimate of drug-likeness (QED) is 0.902. The first-order valence-corrected chi connectivity index (χ1v) is 7.02. The van der Waals surface area contributed by atoms with Crippen molar-refractivity contribution >= 4 is 6.03 Å². The number of aryl methyl sites for hydroxylation is 2. The Bertz CT molecular complexity index is 691. The minimum Gasteiger partial charge on any atom is -0.472 e. The third-order valence-electron chi connectivity index (χ3n) is 3.30. The summed E-state index contributed by atoms with van der Waals surface area (Å²) in [6, 6.07) is 3.45. The number of nitrogens with zero attached hydrogens (tertiary/aromatic N) is 3. The van der Waals surface area contributed by atoms with Crippen LogP contribution in [0.25, 0.3) is 0 Å². The molecule has 0 aliphatic rings. The summed E-state index contributed by atoms with van der Waals surface area (Å²) < 4.78 is 6.51. The van der Waals surface area contributed by atoms with Gasteiger partial charge in [0.25, 0.3) is 0 Å². The van der Waals surface area contributed by atoms with Crippen LogP contribution in [0.1, 0.15) is 17.0 Å². The Kier molecular flexibility index (Phi) is 4.98. The zero-order valence-corrected chi connectivity index (χ0v) is 13.0. The highest BCUT2D eigenvalue weighted by molar-refractivity contribution is 5.73. The minimum atomic E-state index is -0.293. The lowest BCUT2D eigenvalue weighted by Gasteiger charge is -2.17. The molecule has 2 heterocycles. The Morgan fingerprint density at radius 2 is 2.23 bits per heavy atom. The Morgan fingerprint density at radius 3 is 2.86 bits per heavy atom. The second kappa shape index (κ2) is 6.93. The van der Waals surface area contributed by atoms with Gasteiger partial charge in [0.05, 0.1) is 19.1 Å². The summed E-state index contributed by atoms with van der Waals surface area (Å²) in [6.45, 7) is 4.85. The number of carbonyl (C=O) groups is 1. The Balaban J connectivity index is 1.86. The third-order valence-corrected chi connectivity index (χ3v) is 3.30. The van der Waals surface area contributed by atoms with Gasteiger partial charge in [0.15, 0.2) is 0 Å². The van der Waals surface area contributed by atoms with Gasteiger partial charge >= 0.3 is 11.7 Å². The first-order chi connectivity index (χ1) is 10.5. The van der Waals surface area contributed by atoms with Gasteiger partial charge in [-0.1, -0.05) is 0 Å². The van der Waals surface area contributed by atoms with Gasteiger partial charge < -0.3 is 14.6 Å². The maximum atomic E-state index is 12.0. The van der Waals surface area contributed by atoms with Gasteiger partial charge in [-0.15, -0.1) is 0 Å². The van der Waals surface area contributed by atoms with Crippen LogP contribution in [0.2, 0.25) is 0 Å².